The maximum atomic E-state index is 13.2. The van der Waals surface area contributed by atoms with E-state index < -0.39 is 0 Å². The van der Waals surface area contributed by atoms with E-state index in [0.717, 1.165) is 66.6 Å². The van der Waals surface area contributed by atoms with Crippen LogP contribution in [0.4, 0.5) is 0 Å². The lowest BCUT2D eigenvalue weighted by atomic mass is 9.88. The maximum Gasteiger partial charge on any atom is 0.249 e. The zero-order valence-corrected chi connectivity index (χ0v) is 19.2. The molecule has 2 aliphatic rings. The van der Waals surface area contributed by atoms with E-state index in [4.69, 9.17) is 9.97 Å². The normalized spacial score (nSPS) is 18.6. The highest BCUT2D eigenvalue weighted by Gasteiger charge is 2.30. The minimum absolute atomic E-state index is 0.185. The molecule has 1 atom stereocenters. The summed E-state index contributed by atoms with van der Waals surface area (Å²) in [6.45, 7) is 3.67. The van der Waals surface area contributed by atoms with Crippen LogP contribution in [0.1, 0.15) is 55.7 Å². The van der Waals surface area contributed by atoms with Crippen LogP contribution < -0.4 is 0 Å². The van der Waals surface area contributed by atoms with Gasteiger partial charge in [0.1, 0.15) is 0 Å². The first-order chi connectivity index (χ1) is 16.2. The predicted octanol–water partition coefficient (Wildman–Crippen LogP) is 5.72. The number of nitrogens with zero attached hydrogens (tertiary/aromatic N) is 4. The number of aromatic nitrogens is 3. The number of allylic oxidation sites excluding steroid dienone is 1. The third-order valence-electron chi connectivity index (χ3n) is 6.85. The number of carbonyl (C=O) groups is 1. The Labute approximate surface area is 195 Å². The zero-order chi connectivity index (χ0) is 22.6. The SMILES string of the molecule is Cc1ccccc1-c1cnc(-c2ccncc2)nc1C1CCCN(C(=O)C2=CCCCC2)C1. The number of hydrogen-bond donors (Lipinski definition) is 0. The first-order valence-corrected chi connectivity index (χ1v) is 12.0. The molecule has 5 nitrogen and oxygen atoms in total. The smallest absolute Gasteiger partial charge is 0.249 e. The number of hydrogen-bond acceptors (Lipinski definition) is 4. The van der Waals surface area contributed by atoms with Gasteiger partial charge in [-0.2, -0.15) is 0 Å². The highest BCUT2D eigenvalue weighted by Crippen LogP contribution is 2.36. The summed E-state index contributed by atoms with van der Waals surface area (Å²) in [6, 6.07) is 12.3. The van der Waals surface area contributed by atoms with Crippen LogP contribution in [0.15, 0.2) is 66.6 Å². The molecule has 2 aromatic heterocycles. The number of aryl methyl sites for hydroxylation is 1. The van der Waals surface area contributed by atoms with Gasteiger partial charge in [-0.1, -0.05) is 30.3 Å². The molecule has 0 radical (unpaired) electrons. The summed E-state index contributed by atoms with van der Waals surface area (Å²) in [5.74, 6) is 1.12. The van der Waals surface area contributed by atoms with Gasteiger partial charge in [0.15, 0.2) is 5.82 Å². The van der Waals surface area contributed by atoms with Gasteiger partial charge in [0, 0.05) is 54.3 Å². The predicted molar refractivity (Wildman–Crippen MR) is 131 cm³/mol. The largest absolute Gasteiger partial charge is 0.338 e. The Morgan fingerprint density at radius 1 is 1.03 bits per heavy atom. The molecular formula is C28H30N4O. The second-order valence-corrected chi connectivity index (χ2v) is 9.11. The van der Waals surface area contributed by atoms with Gasteiger partial charge in [-0.3, -0.25) is 9.78 Å². The Morgan fingerprint density at radius 2 is 1.88 bits per heavy atom. The fourth-order valence-corrected chi connectivity index (χ4v) is 5.05. The van der Waals surface area contributed by atoms with Crippen molar-refractivity contribution < 1.29 is 4.79 Å². The van der Waals surface area contributed by atoms with Gasteiger partial charge < -0.3 is 4.90 Å². The Bertz CT molecular complexity index is 1170. The first kappa shape index (κ1) is 21.5. The second kappa shape index (κ2) is 9.65. The average molecular weight is 439 g/mol. The van der Waals surface area contributed by atoms with Gasteiger partial charge in [-0.05, 0) is 68.7 Å². The van der Waals surface area contributed by atoms with E-state index in [-0.39, 0.29) is 11.8 Å². The first-order valence-electron chi connectivity index (χ1n) is 12.0. The van der Waals surface area contributed by atoms with E-state index in [2.05, 4.69) is 47.1 Å². The number of piperidine rings is 1. The molecule has 1 aliphatic heterocycles. The number of benzene rings is 1. The van der Waals surface area contributed by atoms with E-state index >= 15 is 0 Å². The van der Waals surface area contributed by atoms with Crippen molar-refractivity contribution in [2.75, 3.05) is 13.1 Å². The molecule has 1 saturated heterocycles. The Morgan fingerprint density at radius 3 is 2.67 bits per heavy atom. The van der Waals surface area contributed by atoms with Crippen molar-refractivity contribution in [1.29, 1.82) is 0 Å². The third-order valence-corrected chi connectivity index (χ3v) is 6.85. The topological polar surface area (TPSA) is 59.0 Å². The Hall–Kier alpha value is -3.34. The van der Waals surface area contributed by atoms with Crippen LogP contribution in [0.2, 0.25) is 0 Å². The minimum atomic E-state index is 0.185. The molecule has 1 amide bonds. The van der Waals surface area contributed by atoms with Crippen LogP contribution in [-0.2, 0) is 4.79 Å². The fraction of sp³-hybridized carbons (Fsp3) is 0.357. The zero-order valence-electron chi connectivity index (χ0n) is 19.2. The number of pyridine rings is 1. The van der Waals surface area contributed by atoms with Gasteiger partial charge in [0.05, 0.1) is 5.69 Å². The number of amides is 1. The van der Waals surface area contributed by atoms with Crippen molar-refractivity contribution >= 4 is 5.91 Å². The lowest BCUT2D eigenvalue weighted by Gasteiger charge is -2.34. The van der Waals surface area contributed by atoms with Crippen LogP contribution in [0.3, 0.4) is 0 Å². The number of rotatable bonds is 4. The molecule has 5 rings (SSSR count). The lowest BCUT2D eigenvalue weighted by molar-refractivity contribution is -0.128. The fourth-order valence-electron chi connectivity index (χ4n) is 5.05. The van der Waals surface area contributed by atoms with Crippen LogP contribution in [0.25, 0.3) is 22.5 Å². The summed E-state index contributed by atoms with van der Waals surface area (Å²) in [5.41, 5.74) is 6.44. The van der Waals surface area contributed by atoms with Gasteiger partial charge in [-0.25, -0.2) is 9.97 Å². The van der Waals surface area contributed by atoms with E-state index in [9.17, 15) is 4.79 Å². The number of likely N-dealkylation sites (tertiary alicyclic amines) is 1. The van der Waals surface area contributed by atoms with E-state index in [1.165, 1.54) is 12.0 Å². The lowest BCUT2D eigenvalue weighted by Crippen LogP contribution is -2.40. The van der Waals surface area contributed by atoms with E-state index in [1.807, 2.05) is 18.3 Å². The standard InChI is InChI=1S/C28H30N4O/c1-20-8-5-6-12-24(20)25-18-30-27(21-13-15-29-16-14-21)31-26(25)23-11-7-17-32(19-23)28(33)22-9-3-2-4-10-22/h5-6,8-9,12-16,18,23H,2-4,7,10-11,17,19H2,1H3. The van der Waals surface area contributed by atoms with Crippen LogP contribution >= 0.6 is 0 Å². The molecule has 0 spiro atoms. The van der Waals surface area contributed by atoms with Crippen molar-refractivity contribution in [3.8, 4) is 22.5 Å². The van der Waals surface area contributed by atoms with Gasteiger partial charge >= 0.3 is 0 Å². The molecule has 0 bridgehead atoms. The van der Waals surface area contributed by atoms with Gasteiger partial charge in [-0.15, -0.1) is 0 Å². The van der Waals surface area contributed by atoms with Crippen LogP contribution in [0, 0.1) is 6.92 Å². The average Bonchev–Trinajstić information content (AvgIpc) is 2.89. The molecule has 33 heavy (non-hydrogen) atoms. The van der Waals surface area contributed by atoms with Gasteiger partial charge in [0.25, 0.3) is 0 Å². The summed E-state index contributed by atoms with van der Waals surface area (Å²) >= 11 is 0. The molecule has 1 fully saturated rings. The van der Waals surface area contributed by atoms with Crippen molar-refractivity contribution in [1.82, 2.24) is 19.9 Å². The quantitative estimate of drug-likeness (QED) is 0.523. The Kier molecular flexibility index (Phi) is 6.29. The summed E-state index contributed by atoms with van der Waals surface area (Å²) < 4.78 is 0. The van der Waals surface area contributed by atoms with Crippen molar-refractivity contribution in [2.24, 2.45) is 0 Å². The molecule has 5 heteroatoms. The summed E-state index contributed by atoms with van der Waals surface area (Å²) in [5, 5.41) is 0. The molecule has 1 aliphatic carbocycles. The molecule has 0 N–H and O–H groups in total. The molecule has 0 saturated carbocycles. The summed E-state index contributed by atoms with van der Waals surface area (Å²) in [6.07, 6.45) is 13.9. The highest BCUT2D eigenvalue weighted by atomic mass is 16.2. The summed E-state index contributed by atoms with van der Waals surface area (Å²) in [7, 11) is 0. The monoisotopic (exact) mass is 438 g/mol. The minimum Gasteiger partial charge on any atom is -0.338 e. The molecule has 168 valence electrons. The third kappa shape index (κ3) is 4.58. The van der Waals surface area contributed by atoms with Crippen molar-refractivity contribution in [3.05, 3.63) is 77.9 Å². The molecule has 1 unspecified atom stereocenters. The van der Waals surface area contributed by atoms with Gasteiger partial charge in [0.2, 0.25) is 5.91 Å². The van der Waals surface area contributed by atoms with Crippen LogP contribution in [0.5, 0.6) is 0 Å². The molecular weight excluding hydrogens is 408 g/mol. The Balaban J connectivity index is 1.52. The van der Waals surface area contributed by atoms with E-state index in [0.29, 0.717) is 12.4 Å². The van der Waals surface area contributed by atoms with E-state index in [1.54, 1.807) is 12.4 Å². The van der Waals surface area contributed by atoms with Crippen LogP contribution in [-0.4, -0.2) is 38.8 Å². The number of carbonyl (C=O) groups excluding carboxylic acids is 1. The highest BCUT2D eigenvalue weighted by molar-refractivity contribution is 5.93. The molecule has 3 heterocycles. The van der Waals surface area contributed by atoms with Crippen molar-refractivity contribution in [2.45, 2.75) is 51.4 Å². The molecule has 3 aromatic rings. The summed E-state index contributed by atoms with van der Waals surface area (Å²) in [4.78, 5) is 29.3. The maximum absolute atomic E-state index is 13.2. The second-order valence-electron chi connectivity index (χ2n) is 9.11. The molecule has 1 aromatic carbocycles. The van der Waals surface area contributed by atoms with Crippen molar-refractivity contribution in [3.63, 3.8) is 0 Å².